The minimum Gasteiger partial charge on any atom is -0.454 e. The van der Waals surface area contributed by atoms with Crippen molar-refractivity contribution >= 4 is 27.5 Å². The summed E-state index contributed by atoms with van der Waals surface area (Å²) in [6.07, 6.45) is 0. The largest absolute Gasteiger partial charge is 0.454 e. The molecule has 0 saturated heterocycles. The first-order chi connectivity index (χ1) is 8.60. The molecule has 0 aliphatic heterocycles. The Bertz CT molecular complexity index is 575. The summed E-state index contributed by atoms with van der Waals surface area (Å²) in [6.45, 7) is 0. The maximum absolute atomic E-state index is 13.6. The Kier molecular flexibility index (Phi) is 4.19. The van der Waals surface area contributed by atoms with Gasteiger partial charge in [-0.2, -0.15) is 0 Å². The highest BCUT2D eigenvalue weighted by Gasteiger charge is 2.07. The molecule has 18 heavy (non-hydrogen) atoms. The van der Waals surface area contributed by atoms with Gasteiger partial charge in [0.25, 0.3) is 0 Å². The van der Waals surface area contributed by atoms with Gasteiger partial charge in [-0.1, -0.05) is 33.6 Å². The van der Waals surface area contributed by atoms with Gasteiger partial charge in [0, 0.05) is 11.4 Å². The lowest BCUT2D eigenvalue weighted by atomic mass is 10.2. The van der Waals surface area contributed by atoms with Crippen LogP contribution in [0.25, 0.3) is 0 Å². The maximum atomic E-state index is 13.6. The van der Waals surface area contributed by atoms with Crippen LogP contribution in [-0.4, -0.2) is 0 Å². The second-order valence-corrected chi connectivity index (χ2v) is 4.54. The number of halogens is 4. The van der Waals surface area contributed by atoms with Crippen LogP contribution >= 0.6 is 27.5 Å². The van der Waals surface area contributed by atoms with Crippen LogP contribution in [0.3, 0.4) is 0 Å². The third-order valence-electron chi connectivity index (χ3n) is 2.27. The van der Waals surface area contributed by atoms with Crippen molar-refractivity contribution in [1.29, 1.82) is 0 Å². The summed E-state index contributed by atoms with van der Waals surface area (Å²) < 4.78 is 32.1. The van der Waals surface area contributed by atoms with Gasteiger partial charge in [0.15, 0.2) is 11.6 Å². The molecule has 0 atom stereocenters. The highest BCUT2D eigenvalue weighted by atomic mass is 79.9. The van der Waals surface area contributed by atoms with Gasteiger partial charge in [0.1, 0.15) is 11.6 Å². The molecular weight excluding hydrogens is 325 g/mol. The molecule has 0 bridgehead atoms. The van der Waals surface area contributed by atoms with Crippen LogP contribution in [0.2, 0.25) is 5.02 Å². The highest BCUT2D eigenvalue weighted by Crippen LogP contribution is 2.28. The van der Waals surface area contributed by atoms with Crippen molar-refractivity contribution in [1.82, 2.24) is 0 Å². The number of alkyl halides is 1. The quantitative estimate of drug-likeness (QED) is 0.692. The summed E-state index contributed by atoms with van der Waals surface area (Å²) in [5.41, 5.74) is 0.794. The summed E-state index contributed by atoms with van der Waals surface area (Å²) >= 11 is 8.77. The zero-order valence-electron chi connectivity index (χ0n) is 9.09. The lowest BCUT2D eigenvalue weighted by molar-refractivity contribution is 0.438. The van der Waals surface area contributed by atoms with Gasteiger partial charge in [0.05, 0.1) is 5.02 Å². The Morgan fingerprint density at radius 2 is 1.83 bits per heavy atom. The number of hydrogen-bond acceptors (Lipinski definition) is 1. The molecule has 0 aliphatic rings. The lowest BCUT2D eigenvalue weighted by Gasteiger charge is -2.08. The molecule has 0 spiro atoms. The SMILES string of the molecule is Fc1cc(Oc2ccc(CBr)cc2F)ccc1Cl. The number of rotatable bonds is 3. The average Bonchev–Trinajstić information content (AvgIpc) is 2.36. The van der Waals surface area contributed by atoms with E-state index in [1.807, 2.05) is 0 Å². The summed E-state index contributed by atoms with van der Waals surface area (Å²) in [5, 5.41) is 0.553. The fourth-order valence-corrected chi connectivity index (χ4v) is 1.84. The molecule has 0 radical (unpaired) electrons. The fraction of sp³-hybridized carbons (Fsp3) is 0.0769. The van der Waals surface area contributed by atoms with Crippen LogP contribution in [0.4, 0.5) is 8.78 Å². The molecular formula is C13H8BrClF2O. The third kappa shape index (κ3) is 3.00. The molecule has 0 heterocycles. The Morgan fingerprint density at radius 3 is 2.44 bits per heavy atom. The Hall–Kier alpha value is -1.13. The van der Waals surface area contributed by atoms with Crippen LogP contribution in [-0.2, 0) is 5.33 Å². The van der Waals surface area contributed by atoms with Gasteiger partial charge in [-0.05, 0) is 29.8 Å². The van der Waals surface area contributed by atoms with Crippen molar-refractivity contribution in [2.24, 2.45) is 0 Å². The number of hydrogen-bond donors (Lipinski definition) is 0. The summed E-state index contributed by atoms with van der Waals surface area (Å²) in [6, 6.07) is 8.52. The van der Waals surface area contributed by atoms with Crippen molar-refractivity contribution in [2.75, 3.05) is 0 Å². The molecule has 0 aliphatic carbocycles. The highest BCUT2D eigenvalue weighted by molar-refractivity contribution is 9.08. The summed E-state index contributed by atoms with van der Waals surface area (Å²) in [7, 11) is 0. The minimum atomic E-state index is -0.605. The van der Waals surface area contributed by atoms with Crippen molar-refractivity contribution in [2.45, 2.75) is 5.33 Å². The topological polar surface area (TPSA) is 9.23 Å². The van der Waals surface area contributed by atoms with Gasteiger partial charge in [-0.25, -0.2) is 8.78 Å². The molecule has 0 amide bonds. The second kappa shape index (κ2) is 5.67. The molecule has 94 valence electrons. The fourth-order valence-electron chi connectivity index (χ4n) is 1.38. The molecule has 0 saturated carbocycles. The van der Waals surface area contributed by atoms with Crippen LogP contribution < -0.4 is 4.74 Å². The van der Waals surface area contributed by atoms with E-state index in [1.54, 1.807) is 6.07 Å². The normalized spacial score (nSPS) is 10.4. The van der Waals surface area contributed by atoms with E-state index >= 15 is 0 Å². The number of benzene rings is 2. The van der Waals surface area contributed by atoms with E-state index in [4.69, 9.17) is 16.3 Å². The van der Waals surface area contributed by atoms with E-state index in [1.165, 1.54) is 24.3 Å². The van der Waals surface area contributed by atoms with Crippen LogP contribution in [0.5, 0.6) is 11.5 Å². The molecule has 0 aromatic heterocycles. The van der Waals surface area contributed by atoms with Gasteiger partial charge >= 0.3 is 0 Å². The summed E-state index contributed by atoms with van der Waals surface area (Å²) in [4.78, 5) is 0. The zero-order chi connectivity index (χ0) is 13.1. The molecule has 2 aromatic rings. The van der Waals surface area contributed by atoms with Gasteiger partial charge in [0.2, 0.25) is 0 Å². The van der Waals surface area contributed by atoms with Crippen molar-refractivity contribution in [3.63, 3.8) is 0 Å². The van der Waals surface area contributed by atoms with Crippen molar-refractivity contribution in [3.05, 3.63) is 58.6 Å². The predicted molar refractivity (Wildman–Crippen MR) is 70.5 cm³/mol. The van der Waals surface area contributed by atoms with E-state index in [9.17, 15) is 8.78 Å². The first kappa shape index (κ1) is 13.3. The van der Waals surface area contributed by atoms with Gasteiger partial charge in [-0.15, -0.1) is 0 Å². The minimum absolute atomic E-state index is 0.00235. The monoisotopic (exact) mass is 332 g/mol. The molecule has 2 aromatic carbocycles. The molecule has 5 heteroatoms. The van der Waals surface area contributed by atoms with E-state index in [-0.39, 0.29) is 16.5 Å². The second-order valence-electron chi connectivity index (χ2n) is 3.58. The van der Waals surface area contributed by atoms with Gasteiger partial charge < -0.3 is 4.74 Å². The summed E-state index contributed by atoms with van der Waals surface area (Å²) in [5.74, 6) is -0.863. The van der Waals surface area contributed by atoms with Crippen LogP contribution in [0.1, 0.15) is 5.56 Å². The maximum Gasteiger partial charge on any atom is 0.166 e. The van der Waals surface area contributed by atoms with E-state index < -0.39 is 11.6 Å². The smallest absolute Gasteiger partial charge is 0.166 e. The van der Waals surface area contributed by atoms with Crippen molar-refractivity contribution < 1.29 is 13.5 Å². The van der Waals surface area contributed by atoms with Gasteiger partial charge in [-0.3, -0.25) is 0 Å². The molecule has 0 fully saturated rings. The number of ether oxygens (including phenoxy) is 1. The Morgan fingerprint density at radius 1 is 1.06 bits per heavy atom. The van der Waals surface area contributed by atoms with E-state index in [2.05, 4.69) is 15.9 Å². The molecule has 1 nitrogen and oxygen atoms in total. The van der Waals surface area contributed by atoms with E-state index in [0.717, 1.165) is 11.6 Å². The lowest BCUT2D eigenvalue weighted by Crippen LogP contribution is -1.90. The van der Waals surface area contributed by atoms with Crippen LogP contribution in [0, 0.1) is 11.6 Å². The molecule has 2 rings (SSSR count). The Balaban J connectivity index is 2.25. The first-order valence-electron chi connectivity index (χ1n) is 5.07. The third-order valence-corrected chi connectivity index (χ3v) is 3.22. The Labute approximate surface area is 116 Å². The molecule has 0 unspecified atom stereocenters. The van der Waals surface area contributed by atoms with Crippen LogP contribution in [0.15, 0.2) is 36.4 Å². The average molecular weight is 334 g/mol. The predicted octanol–water partition coefficient (Wildman–Crippen LogP) is 5.31. The van der Waals surface area contributed by atoms with E-state index in [0.29, 0.717) is 5.33 Å². The standard InChI is InChI=1S/C13H8BrClF2O/c14-7-8-1-4-13(12(17)5-8)18-9-2-3-10(15)11(16)6-9/h1-6H,7H2. The van der Waals surface area contributed by atoms with Crippen molar-refractivity contribution in [3.8, 4) is 11.5 Å². The zero-order valence-corrected chi connectivity index (χ0v) is 11.4. The first-order valence-corrected chi connectivity index (χ1v) is 6.57. The molecule has 0 N–H and O–H groups in total.